The van der Waals surface area contributed by atoms with Crippen molar-refractivity contribution >= 4 is 11.9 Å². The first-order valence-electron chi connectivity index (χ1n) is 4.16. The second kappa shape index (κ2) is 4.23. The zero-order chi connectivity index (χ0) is 9.84. The van der Waals surface area contributed by atoms with Gasteiger partial charge < -0.3 is 14.8 Å². The Morgan fingerprint density at radius 2 is 2.38 bits per heavy atom. The Hall–Kier alpha value is -1.10. The fourth-order valence-electron chi connectivity index (χ4n) is 0.963. The molecule has 1 amide bonds. The first kappa shape index (κ1) is 9.98. The molecule has 0 spiro atoms. The molecule has 0 unspecified atom stereocenters. The van der Waals surface area contributed by atoms with Crippen LogP contribution in [-0.4, -0.2) is 30.8 Å². The molecule has 1 N–H and O–H groups in total. The number of rotatable bonds is 4. The lowest BCUT2D eigenvalue weighted by Gasteiger charge is -2.29. The van der Waals surface area contributed by atoms with E-state index in [4.69, 9.17) is 9.47 Å². The summed E-state index contributed by atoms with van der Waals surface area (Å²) in [6.07, 6.45) is -0.00251. The lowest BCUT2D eigenvalue weighted by atomic mass is 10.2. The largest absolute Gasteiger partial charge is 0.463 e. The van der Waals surface area contributed by atoms with Crippen LogP contribution < -0.4 is 5.32 Å². The minimum Gasteiger partial charge on any atom is -0.463 e. The average molecular weight is 187 g/mol. The fraction of sp³-hybridized carbons (Fsp3) is 0.750. The molecule has 0 saturated carbocycles. The van der Waals surface area contributed by atoms with E-state index in [1.54, 1.807) is 6.92 Å². The second-order valence-electron chi connectivity index (χ2n) is 3.01. The quantitative estimate of drug-likeness (QED) is 0.489. The number of amides is 1. The Labute approximate surface area is 76.4 Å². The van der Waals surface area contributed by atoms with Crippen LogP contribution in [0.1, 0.15) is 20.3 Å². The van der Waals surface area contributed by atoms with E-state index in [0.29, 0.717) is 6.42 Å². The Bertz CT molecular complexity index is 208. The topological polar surface area (TPSA) is 64.6 Å². The normalized spacial score (nSPS) is 22.9. The summed E-state index contributed by atoms with van der Waals surface area (Å²) in [5, 5.41) is 2.56. The molecule has 0 aromatic heterocycles. The molecule has 0 aliphatic carbocycles. The predicted molar refractivity (Wildman–Crippen MR) is 43.7 cm³/mol. The van der Waals surface area contributed by atoms with Crippen LogP contribution in [0.25, 0.3) is 0 Å². The molecule has 5 nitrogen and oxygen atoms in total. The number of β-lactam (4-membered cyclic amide) rings is 1. The third-order valence-corrected chi connectivity index (χ3v) is 1.61. The molecule has 13 heavy (non-hydrogen) atoms. The molecule has 1 rings (SSSR count). The molecule has 74 valence electrons. The van der Waals surface area contributed by atoms with Gasteiger partial charge in [0.25, 0.3) is 0 Å². The van der Waals surface area contributed by atoms with Crippen LogP contribution in [0, 0.1) is 0 Å². The zero-order valence-electron chi connectivity index (χ0n) is 7.70. The third kappa shape index (κ3) is 3.42. The van der Waals surface area contributed by atoms with E-state index in [1.165, 1.54) is 6.92 Å². The molecule has 1 aliphatic rings. The molecular weight excluding hydrogens is 174 g/mol. The van der Waals surface area contributed by atoms with Crippen LogP contribution in [0.15, 0.2) is 0 Å². The highest BCUT2D eigenvalue weighted by atomic mass is 16.6. The van der Waals surface area contributed by atoms with Crippen LogP contribution in [0.3, 0.4) is 0 Å². The van der Waals surface area contributed by atoms with Gasteiger partial charge in [0.2, 0.25) is 5.91 Å². The van der Waals surface area contributed by atoms with Crippen molar-refractivity contribution in [3.05, 3.63) is 0 Å². The van der Waals surface area contributed by atoms with Crippen LogP contribution in [-0.2, 0) is 19.1 Å². The lowest BCUT2D eigenvalue weighted by molar-refractivity contribution is -0.156. The second-order valence-corrected chi connectivity index (χ2v) is 3.01. The summed E-state index contributed by atoms with van der Waals surface area (Å²) in [6.45, 7) is 3.35. The van der Waals surface area contributed by atoms with Crippen molar-refractivity contribution in [2.45, 2.75) is 32.6 Å². The molecule has 0 aromatic carbocycles. The van der Waals surface area contributed by atoms with Gasteiger partial charge in [0, 0.05) is 6.92 Å². The molecule has 1 saturated heterocycles. The van der Waals surface area contributed by atoms with Crippen molar-refractivity contribution in [1.82, 2.24) is 5.32 Å². The standard InChI is InChI=1S/C8H13NO4/c1-5(4-12-6(2)10)13-8-3-7(11)9-8/h5,8H,3-4H2,1-2H3,(H,9,11)/t5-,8-/m0/s1. The van der Waals surface area contributed by atoms with Crippen LogP contribution >= 0.6 is 0 Å². The highest BCUT2D eigenvalue weighted by Crippen LogP contribution is 2.08. The van der Waals surface area contributed by atoms with E-state index in [9.17, 15) is 9.59 Å². The third-order valence-electron chi connectivity index (χ3n) is 1.61. The molecule has 0 bridgehead atoms. The van der Waals surface area contributed by atoms with E-state index in [1.807, 2.05) is 0 Å². The van der Waals surface area contributed by atoms with Crippen LogP contribution in [0.2, 0.25) is 0 Å². The van der Waals surface area contributed by atoms with Crippen molar-refractivity contribution in [2.24, 2.45) is 0 Å². The number of ether oxygens (including phenoxy) is 2. The number of hydrogen-bond donors (Lipinski definition) is 1. The summed E-state index contributed by atoms with van der Waals surface area (Å²) >= 11 is 0. The summed E-state index contributed by atoms with van der Waals surface area (Å²) in [5.74, 6) is -0.335. The molecule has 0 radical (unpaired) electrons. The number of carbonyl (C=O) groups excluding carboxylic acids is 2. The molecule has 0 aromatic rings. The maximum absolute atomic E-state index is 10.5. The van der Waals surface area contributed by atoms with E-state index in [2.05, 4.69) is 5.32 Å². The Morgan fingerprint density at radius 1 is 1.77 bits per heavy atom. The van der Waals surface area contributed by atoms with Crippen molar-refractivity contribution in [2.75, 3.05) is 6.61 Å². The fourth-order valence-corrected chi connectivity index (χ4v) is 0.963. The van der Waals surface area contributed by atoms with Crippen LogP contribution in [0.4, 0.5) is 0 Å². The number of hydrogen-bond acceptors (Lipinski definition) is 4. The summed E-state index contributed by atoms with van der Waals surface area (Å²) < 4.78 is 10.0. The summed E-state index contributed by atoms with van der Waals surface area (Å²) in [5.41, 5.74) is 0. The first-order chi connectivity index (χ1) is 6.08. The van der Waals surface area contributed by atoms with Gasteiger partial charge in [-0.2, -0.15) is 0 Å². The minimum atomic E-state index is -0.326. The highest BCUT2D eigenvalue weighted by Gasteiger charge is 2.27. The van der Waals surface area contributed by atoms with Gasteiger partial charge in [-0.3, -0.25) is 9.59 Å². The Morgan fingerprint density at radius 3 is 2.85 bits per heavy atom. The van der Waals surface area contributed by atoms with Gasteiger partial charge >= 0.3 is 5.97 Å². The summed E-state index contributed by atoms with van der Waals surface area (Å²) in [7, 11) is 0. The number of nitrogens with one attached hydrogen (secondary N) is 1. The van der Waals surface area contributed by atoms with E-state index >= 15 is 0 Å². The summed E-state index contributed by atoms with van der Waals surface area (Å²) in [6, 6.07) is 0. The zero-order valence-corrected chi connectivity index (χ0v) is 7.70. The molecule has 2 atom stereocenters. The van der Waals surface area contributed by atoms with Gasteiger partial charge in [-0.1, -0.05) is 0 Å². The Kier molecular flexibility index (Phi) is 3.25. The maximum Gasteiger partial charge on any atom is 0.302 e. The van der Waals surface area contributed by atoms with Gasteiger partial charge in [0.1, 0.15) is 12.8 Å². The van der Waals surface area contributed by atoms with Gasteiger partial charge in [-0.25, -0.2) is 0 Å². The molecular formula is C8H13NO4. The van der Waals surface area contributed by atoms with E-state index in [0.717, 1.165) is 0 Å². The van der Waals surface area contributed by atoms with Crippen molar-refractivity contribution in [1.29, 1.82) is 0 Å². The van der Waals surface area contributed by atoms with E-state index in [-0.39, 0.29) is 30.8 Å². The SMILES string of the molecule is CC(=O)OC[C@H](C)O[C@H]1CC(=O)N1. The van der Waals surface area contributed by atoms with Gasteiger partial charge in [-0.05, 0) is 6.92 Å². The molecule has 5 heteroatoms. The highest BCUT2D eigenvalue weighted by molar-refractivity contribution is 5.82. The van der Waals surface area contributed by atoms with Crippen molar-refractivity contribution in [3.63, 3.8) is 0 Å². The van der Waals surface area contributed by atoms with Gasteiger partial charge in [0.15, 0.2) is 0 Å². The molecule has 1 fully saturated rings. The minimum absolute atomic E-state index is 0.00955. The predicted octanol–water partition coefficient (Wildman–Crippen LogP) is -0.199. The van der Waals surface area contributed by atoms with E-state index < -0.39 is 0 Å². The molecule has 1 aliphatic heterocycles. The van der Waals surface area contributed by atoms with Crippen molar-refractivity contribution < 1.29 is 19.1 Å². The molecule has 1 heterocycles. The number of esters is 1. The smallest absolute Gasteiger partial charge is 0.302 e. The van der Waals surface area contributed by atoms with Crippen LogP contribution in [0.5, 0.6) is 0 Å². The van der Waals surface area contributed by atoms with Crippen molar-refractivity contribution in [3.8, 4) is 0 Å². The average Bonchev–Trinajstić information content (AvgIpc) is 1.98. The lowest BCUT2D eigenvalue weighted by Crippen LogP contribution is -2.51. The number of carbonyl (C=O) groups is 2. The first-order valence-corrected chi connectivity index (χ1v) is 4.16. The Balaban J connectivity index is 2.07. The van der Waals surface area contributed by atoms with Gasteiger partial charge in [-0.15, -0.1) is 0 Å². The summed E-state index contributed by atoms with van der Waals surface area (Å²) in [4.78, 5) is 20.9. The maximum atomic E-state index is 10.5. The van der Waals surface area contributed by atoms with Gasteiger partial charge in [0.05, 0.1) is 12.5 Å². The monoisotopic (exact) mass is 187 g/mol.